The van der Waals surface area contributed by atoms with Crippen LogP contribution >= 0.6 is 11.3 Å². The lowest BCUT2D eigenvalue weighted by Gasteiger charge is -2.25. The molecule has 2 aromatic rings. The minimum atomic E-state index is -0.290. The SMILES string of the molecule is CC(=O)Nc1nc(C(=O)NC2CCCc3[nH]c(=O)ccc32)cs1. The molecule has 0 bridgehead atoms. The van der Waals surface area contributed by atoms with Crippen molar-refractivity contribution in [3.05, 3.63) is 44.8 Å². The fourth-order valence-corrected chi connectivity index (χ4v) is 3.41. The number of fused-ring (bicyclic) bond motifs is 1. The highest BCUT2D eigenvalue weighted by molar-refractivity contribution is 7.14. The molecule has 0 radical (unpaired) electrons. The lowest BCUT2D eigenvalue weighted by molar-refractivity contribution is -0.114. The van der Waals surface area contributed by atoms with Crippen LogP contribution < -0.4 is 16.2 Å². The van der Waals surface area contributed by atoms with Crippen molar-refractivity contribution in [2.75, 3.05) is 5.32 Å². The summed E-state index contributed by atoms with van der Waals surface area (Å²) in [5, 5.41) is 7.51. The van der Waals surface area contributed by atoms with Crippen molar-refractivity contribution in [3.8, 4) is 0 Å². The molecule has 0 spiro atoms. The van der Waals surface area contributed by atoms with Gasteiger partial charge in [-0.2, -0.15) is 0 Å². The van der Waals surface area contributed by atoms with E-state index in [0.29, 0.717) is 5.13 Å². The molecule has 8 heteroatoms. The van der Waals surface area contributed by atoms with Gasteiger partial charge in [-0.25, -0.2) is 4.98 Å². The van der Waals surface area contributed by atoms with E-state index in [0.717, 1.165) is 30.5 Å². The molecule has 1 aliphatic carbocycles. The van der Waals surface area contributed by atoms with Gasteiger partial charge in [0.05, 0.1) is 6.04 Å². The number of H-pyrrole nitrogens is 1. The number of aromatic amines is 1. The molecule has 2 heterocycles. The number of anilines is 1. The van der Waals surface area contributed by atoms with Gasteiger partial charge in [-0.15, -0.1) is 11.3 Å². The summed E-state index contributed by atoms with van der Waals surface area (Å²) in [6.45, 7) is 1.39. The number of rotatable bonds is 3. The number of pyridine rings is 1. The Morgan fingerprint density at radius 2 is 2.22 bits per heavy atom. The zero-order chi connectivity index (χ0) is 16.4. The minimum Gasteiger partial charge on any atom is -0.344 e. The number of thiazole rings is 1. The number of amides is 2. The topological polar surface area (TPSA) is 104 Å². The Bertz CT molecular complexity index is 811. The van der Waals surface area contributed by atoms with Gasteiger partial charge in [0.2, 0.25) is 11.5 Å². The first-order valence-corrected chi connectivity index (χ1v) is 8.17. The third-order valence-electron chi connectivity index (χ3n) is 3.66. The van der Waals surface area contributed by atoms with E-state index in [1.807, 2.05) is 0 Å². The van der Waals surface area contributed by atoms with Gasteiger partial charge in [-0.3, -0.25) is 14.4 Å². The van der Waals surface area contributed by atoms with Crippen LogP contribution in [0.3, 0.4) is 0 Å². The van der Waals surface area contributed by atoms with Gasteiger partial charge in [-0.05, 0) is 30.9 Å². The second-order valence-electron chi connectivity index (χ2n) is 5.39. The second kappa shape index (κ2) is 6.33. The molecule has 0 fully saturated rings. The molecular weight excluding hydrogens is 316 g/mol. The van der Waals surface area contributed by atoms with E-state index >= 15 is 0 Å². The summed E-state index contributed by atoms with van der Waals surface area (Å²) in [5.41, 5.74) is 1.97. The molecule has 1 unspecified atom stereocenters. The number of hydrogen-bond acceptors (Lipinski definition) is 5. The van der Waals surface area contributed by atoms with Crippen LogP contribution in [0.1, 0.15) is 47.6 Å². The minimum absolute atomic E-state index is 0.129. The van der Waals surface area contributed by atoms with Crippen molar-refractivity contribution < 1.29 is 9.59 Å². The Balaban J connectivity index is 1.75. The molecule has 2 aromatic heterocycles. The summed E-state index contributed by atoms with van der Waals surface area (Å²) < 4.78 is 0. The van der Waals surface area contributed by atoms with Crippen LogP contribution in [0.15, 0.2) is 22.3 Å². The first-order valence-electron chi connectivity index (χ1n) is 7.29. The third-order valence-corrected chi connectivity index (χ3v) is 4.41. The molecule has 3 N–H and O–H groups in total. The quantitative estimate of drug-likeness (QED) is 0.794. The fourth-order valence-electron chi connectivity index (χ4n) is 2.67. The Kier molecular flexibility index (Phi) is 4.24. The Labute approximate surface area is 136 Å². The average molecular weight is 332 g/mol. The van der Waals surface area contributed by atoms with Crippen molar-refractivity contribution in [2.24, 2.45) is 0 Å². The van der Waals surface area contributed by atoms with Gasteiger partial charge in [0.1, 0.15) is 5.69 Å². The van der Waals surface area contributed by atoms with Gasteiger partial charge in [0.15, 0.2) is 5.13 Å². The summed E-state index contributed by atoms with van der Waals surface area (Å²) >= 11 is 1.20. The summed E-state index contributed by atoms with van der Waals surface area (Å²) in [4.78, 5) is 41.7. The maximum Gasteiger partial charge on any atom is 0.271 e. The highest BCUT2D eigenvalue weighted by atomic mass is 32.1. The van der Waals surface area contributed by atoms with Crippen molar-refractivity contribution in [1.29, 1.82) is 0 Å². The molecule has 0 aliphatic heterocycles. The molecule has 1 atom stereocenters. The fraction of sp³-hybridized carbons (Fsp3) is 0.333. The van der Waals surface area contributed by atoms with Gasteiger partial charge in [-0.1, -0.05) is 0 Å². The van der Waals surface area contributed by atoms with Crippen LogP contribution in [0.2, 0.25) is 0 Å². The van der Waals surface area contributed by atoms with Crippen LogP contribution in [-0.4, -0.2) is 21.8 Å². The molecule has 7 nitrogen and oxygen atoms in total. The number of aryl methyl sites for hydroxylation is 1. The third kappa shape index (κ3) is 3.48. The number of carbonyl (C=O) groups excluding carboxylic acids is 2. The average Bonchev–Trinajstić information content (AvgIpc) is 2.95. The molecular formula is C15H16N4O3S. The Morgan fingerprint density at radius 3 is 3.00 bits per heavy atom. The number of nitrogens with zero attached hydrogens (tertiary/aromatic N) is 1. The Hall–Kier alpha value is -2.48. The maximum atomic E-state index is 12.3. The first-order chi connectivity index (χ1) is 11.0. The predicted molar refractivity (Wildman–Crippen MR) is 86.6 cm³/mol. The summed E-state index contributed by atoms with van der Waals surface area (Å²) in [7, 11) is 0. The van der Waals surface area contributed by atoms with Gasteiger partial charge in [0, 0.05) is 24.1 Å². The van der Waals surface area contributed by atoms with Crippen molar-refractivity contribution in [1.82, 2.24) is 15.3 Å². The summed E-state index contributed by atoms with van der Waals surface area (Å²) in [6.07, 6.45) is 2.51. The number of nitrogens with one attached hydrogen (secondary N) is 3. The van der Waals surface area contributed by atoms with E-state index in [2.05, 4.69) is 20.6 Å². The van der Waals surface area contributed by atoms with Crippen molar-refractivity contribution in [3.63, 3.8) is 0 Å². The van der Waals surface area contributed by atoms with E-state index in [1.54, 1.807) is 11.4 Å². The molecule has 0 saturated carbocycles. The van der Waals surface area contributed by atoms with Gasteiger partial charge in [0.25, 0.3) is 5.91 Å². The summed E-state index contributed by atoms with van der Waals surface area (Å²) in [5.74, 6) is -0.515. The van der Waals surface area contributed by atoms with E-state index in [4.69, 9.17) is 0 Å². The highest BCUT2D eigenvalue weighted by Crippen LogP contribution is 2.28. The number of hydrogen-bond donors (Lipinski definition) is 3. The molecule has 2 amide bonds. The van der Waals surface area contributed by atoms with E-state index in [9.17, 15) is 14.4 Å². The normalized spacial score (nSPS) is 16.5. The maximum absolute atomic E-state index is 12.3. The first kappa shape index (κ1) is 15.4. The zero-order valence-corrected chi connectivity index (χ0v) is 13.3. The monoisotopic (exact) mass is 332 g/mol. The molecule has 1 aliphatic rings. The Morgan fingerprint density at radius 1 is 1.39 bits per heavy atom. The number of carbonyl (C=O) groups is 2. The molecule has 120 valence electrons. The number of aromatic nitrogens is 2. The smallest absolute Gasteiger partial charge is 0.271 e. The van der Waals surface area contributed by atoms with E-state index in [-0.39, 0.29) is 29.1 Å². The zero-order valence-electron chi connectivity index (χ0n) is 12.5. The van der Waals surface area contributed by atoms with Crippen LogP contribution in [0.25, 0.3) is 0 Å². The lowest BCUT2D eigenvalue weighted by atomic mass is 9.91. The van der Waals surface area contributed by atoms with Gasteiger partial charge < -0.3 is 15.6 Å². The lowest BCUT2D eigenvalue weighted by Crippen LogP contribution is -2.32. The van der Waals surface area contributed by atoms with Gasteiger partial charge >= 0.3 is 0 Å². The van der Waals surface area contributed by atoms with Crippen LogP contribution in [0, 0.1) is 0 Å². The standard InChI is InChI=1S/C15H16N4O3S/c1-8(20)16-15-19-12(7-23-15)14(22)18-11-4-2-3-10-9(11)5-6-13(21)17-10/h5-7,11H,2-4H2,1H3,(H,17,21)(H,18,22)(H,16,19,20). The molecule has 0 saturated heterocycles. The van der Waals surface area contributed by atoms with Crippen LogP contribution in [0.4, 0.5) is 5.13 Å². The van der Waals surface area contributed by atoms with Crippen LogP contribution in [-0.2, 0) is 11.2 Å². The molecule has 3 rings (SSSR count). The van der Waals surface area contributed by atoms with E-state index < -0.39 is 0 Å². The summed E-state index contributed by atoms with van der Waals surface area (Å²) in [6, 6.07) is 3.09. The second-order valence-corrected chi connectivity index (χ2v) is 6.25. The molecule has 23 heavy (non-hydrogen) atoms. The van der Waals surface area contributed by atoms with E-state index in [1.165, 1.54) is 24.3 Å². The molecule has 0 aromatic carbocycles. The van der Waals surface area contributed by atoms with Crippen LogP contribution in [0.5, 0.6) is 0 Å². The van der Waals surface area contributed by atoms with Crippen molar-refractivity contribution in [2.45, 2.75) is 32.2 Å². The predicted octanol–water partition coefficient (Wildman–Crippen LogP) is 1.60. The highest BCUT2D eigenvalue weighted by Gasteiger charge is 2.23. The van der Waals surface area contributed by atoms with Crippen molar-refractivity contribution >= 4 is 28.3 Å². The largest absolute Gasteiger partial charge is 0.344 e.